The van der Waals surface area contributed by atoms with Crippen LogP contribution in [0.3, 0.4) is 0 Å². The van der Waals surface area contributed by atoms with Gasteiger partial charge < -0.3 is 9.47 Å². The maximum absolute atomic E-state index is 5.79. The van der Waals surface area contributed by atoms with Crippen molar-refractivity contribution >= 4 is 0 Å². The Kier molecular flexibility index (Phi) is 2.70. The molecule has 2 atom stereocenters. The van der Waals surface area contributed by atoms with Gasteiger partial charge in [-0.15, -0.1) is 0 Å². The first-order valence-electron chi connectivity index (χ1n) is 5.85. The summed E-state index contributed by atoms with van der Waals surface area (Å²) in [4.78, 5) is 0. The van der Waals surface area contributed by atoms with Crippen molar-refractivity contribution < 1.29 is 9.47 Å². The van der Waals surface area contributed by atoms with E-state index in [0.29, 0.717) is 0 Å². The highest BCUT2D eigenvalue weighted by Gasteiger charge is 2.42. The Morgan fingerprint density at radius 3 is 1.47 bits per heavy atom. The van der Waals surface area contributed by atoms with Crippen molar-refractivity contribution in [3.8, 4) is 11.5 Å². The number of ether oxygens (including phenoxy) is 2. The average Bonchev–Trinajstić information content (AvgIpc) is 3.10. The summed E-state index contributed by atoms with van der Waals surface area (Å²) in [6, 6.07) is 19.8. The third-order valence-corrected chi connectivity index (χ3v) is 2.74. The van der Waals surface area contributed by atoms with Crippen LogP contribution in [0.2, 0.25) is 0 Å². The van der Waals surface area contributed by atoms with Gasteiger partial charge in [0.2, 0.25) is 0 Å². The zero-order valence-electron chi connectivity index (χ0n) is 9.45. The molecule has 3 rings (SSSR count). The highest BCUT2D eigenvalue weighted by molar-refractivity contribution is 5.24. The largest absolute Gasteiger partial charge is 0.486 e. The minimum absolute atomic E-state index is 0.192. The summed E-state index contributed by atoms with van der Waals surface area (Å²) >= 11 is 0. The number of benzene rings is 2. The van der Waals surface area contributed by atoms with E-state index in [-0.39, 0.29) is 12.2 Å². The molecule has 1 saturated carbocycles. The van der Waals surface area contributed by atoms with Crippen molar-refractivity contribution in [3.63, 3.8) is 0 Å². The van der Waals surface area contributed by atoms with Crippen LogP contribution in [0.15, 0.2) is 60.7 Å². The van der Waals surface area contributed by atoms with Crippen LogP contribution in [0.1, 0.15) is 6.42 Å². The van der Waals surface area contributed by atoms with Gasteiger partial charge in [0.1, 0.15) is 23.7 Å². The molecule has 2 aromatic carbocycles. The molecule has 1 aliphatic rings. The quantitative estimate of drug-likeness (QED) is 0.796. The maximum atomic E-state index is 5.79. The van der Waals surface area contributed by atoms with Gasteiger partial charge in [-0.05, 0) is 24.3 Å². The molecule has 2 heteroatoms. The first-order valence-corrected chi connectivity index (χ1v) is 5.85. The standard InChI is InChI=1S/C15H14O2/c1-3-7-12(8-4-1)16-14-11-15(14)17-13-9-5-2-6-10-13/h1-10,14-15H,11H2/t14-,15+. The zero-order chi connectivity index (χ0) is 11.5. The Labute approximate surface area is 101 Å². The summed E-state index contributed by atoms with van der Waals surface area (Å²) in [6.07, 6.45) is 1.35. The van der Waals surface area contributed by atoms with E-state index in [1.165, 1.54) is 0 Å². The van der Waals surface area contributed by atoms with Gasteiger partial charge in [0.15, 0.2) is 0 Å². The molecule has 1 aliphatic carbocycles. The molecule has 0 heterocycles. The molecule has 0 aliphatic heterocycles. The molecule has 0 unspecified atom stereocenters. The van der Waals surface area contributed by atoms with Crippen LogP contribution in [0.25, 0.3) is 0 Å². The van der Waals surface area contributed by atoms with E-state index in [9.17, 15) is 0 Å². The van der Waals surface area contributed by atoms with Crippen molar-refractivity contribution in [3.05, 3.63) is 60.7 Å². The van der Waals surface area contributed by atoms with Gasteiger partial charge in [-0.3, -0.25) is 0 Å². The highest BCUT2D eigenvalue weighted by atomic mass is 16.6. The Balaban J connectivity index is 1.54. The summed E-state index contributed by atoms with van der Waals surface area (Å²) in [7, 11) is 0. The smallest absolute Gasteiger partial charge is 0.139 e. The minimum Gasteiger partial charge on any atom is -0.486 e. The fourth-order valence-electron chi connectivity index (χ4n) is 1.75. The van der Waals surface area contributed by atoms with Crippen LogP contribution in [0.5, 0.6) is 11.5 Å². The number of rotatable bonds is 4. The number of para-hydroxylation sites is 2. The molecule has 86 valence electrons. The lowest BCUT2D eigenvalue weighted by Gasteiger charge is -2.07. The lowest BCUT2D eigenvalue weighted by Crippen LogP contribution is -2.08. The predicted octanol–water partition coefficient (Wildman–Crippen LogP) is 3.29. The van der Waals surface area contributed by atoms with E-state index in [0.717, 1.165) is 17.9 Å². The van der Waals surface area contributed by atoms with Crippen molar-refractivity contribution in [2.75, 3.05) is 0 Å². The molecule has 2 aromatic rings. The predicted molar refractivity (Wildman–Crippen MR) is 66.3 cm³/mol. The van der Waals surface area contributed by atoms with Crippen molar-refractivity contribution in [1.82, 2.24) is 0 Å². The normalized spacial score (nSPS) is 21.9. The molecule has 0 bridgehead atoms. The Morgan fingerprint density at radius 1 is 0.647 bits per heavy atom. The van der Waals surface area contributed by atoms with Gasteiger partial charge in [0.05, 0.1) is 0 Å². The molecule has 17 heavy (non-hydrogen) atoms. The van der Waals surface area contributed by atoms with Crippen molar-refractivity contribution in [2.45, 2.75) is 18.6 Å². The van der Waals surface area contributed by atoms with E-state index in [2.05, 4.69) is 0 Å². The highest BCUT2D eigenvalue weighted by Crippen LogP contribution is 2.31. The van der Waals surface area contributed by atoms with Gasteiger partial charge >= 0.3 is 0 Å². The van der Waals surface area contributed by atoms with E-state index in [1.54, 1.807) is 0 Å². The second-order valence-electron chi connectivity index (χ2n) is 4.17. The van der Waals surface area contributed by atoms with Gasteiger partial charge in [0.25, 0.3) is 0 Å². The van der Waals surface area contributed by atoms with Crippen molar-refractivity contribution in [2.24, 2.45) is 0 Å². The first kappa shape index (κ1) is 10.2. The van der Waals surface area contributed by atoms with Gasteiger partial charge in [0, 0.05) is 6.42 Å². The van der Waals surface area contributed by atoms with Crippen LogP contribution in [0, 0.1) is 0 Å². The Hall–Kier alpha value is -1.96. The topological polar surface area (TPSA) is 18.5 Å². The molecule has 0 radical (unpaired) electrons. The third-order valence-electron chi connectivity index (χ3n) is 2.74. The molecule has 0 aromatic heterocycles. The van der Waals surface area contributed by atoms with Crippen LogP contribution in [-0.4, -0.2) is 12.2 Å². The summed E-state index contributed by atoms with van der Waals surface area (Å²) in [5, 5.41) is 0. The Bertz CT molecular complexity index is 421. The maximum Gasteiger partial charge on any atom is 0.139 e. The van der Waals surface area contributed by atoms with Crippen LogP contribution >= 0.6 is 0 Å². The minimum atomic E-state index is 0.192. The van der Waals surface area contributed by atoms with E-state index >= 15 is 0 Å². The Morgan fingerprint density at radius 2 is 1.06 bits per heavy atom. The average molecular weight is 226 g/mol. The summed E-state index contributed by atoms with van der Waals surface area (Å²) in [5.41, 5.74) is 0. The van der Waals surface area contributed by atoms with Gasteiger partial charge in [-0.2, -0.15) is 0 Å². The van der Waals surface area contributed by atoms with E-state index < -0.39 is 0 Å². The molecular formula is C15H14O2. The van der Waals surface area contributed by atoms with Crippen LogP contribution < -0.4 is 9.47 Å². The van der Waals surface area contributed by atoms with E-state index in [1.807, 2.05) is 60.7 Å². The van der Waals surface area contributed by atoms with Gasteiger partial charge in [-0.1, -0.05) is 36.4 Å². The second kappa shape index (κ2) is 4.50. The lowest BCUT2D eigenvalue weighted by atomic mass is 10.3. The number of hydrogen-bond donors (Lipinski definition) is 0. The molecule has 0 saturated heterocycles. The monoisotopic (exact) mass is 226 g/mol. The van der Waals surface area contributed by atoms with Gasteiger partial charge in [-0.25, -0.2) is 0 Å². The third kappa shape index (κ3) is 2.59. The van der Waals surface area contributed by atoms with E-state index in [4.69, 9.17) is 9.47 Å². The first-order chi connectivity index (χ1) is 8.42. The van der Waals surface area contributed by atoms with Crippen LogP contribution in [0.4, 0.5) is 0 Å². The molecule has 1 fully saturated rings. The summed E-state index contributed by atoms with van der Waals surface area (Å²) < 4.78 is 11.6. The van der Waals surface area contributed by atoms with Crippen LogP contribution in [-0.2, 0) is 0 Å². The lowest BCUT2D eigenvalue weighted by molar-refractivity contribution is 0.211. The number of hydrogen-bond acceptors (Lipinski definition) is 2. The summed E-state index contributed by atoms with van der Waals surface area (Å²) in [6.45, 7) is 0. The SMILES string of the molecule is c1ccc(O[C@H]2C[C@H]2Oc2ccccc2)cc1. The summed E-state index contributed by atoms with van der Waals surface area (Å²) in [5.74, 6) is 1.83. The fraction of sp³-hybridized carbons (Fsp3) is 0.200. The fourth-order valence-corrected chi connectivity index (χ4v) is 1.75. The van der Waals surface area contributed by atoms with Crippen molar-refractivity contribution in [1.29, 1.82) is 0 Å². The molecular weight excluding hydrogens is 212 g/mol. The molecule has 2 nitrogen and oxygen atoms in total. The second-order valence-corrected chi connectivity index (χ2v) is 4.17. The molecule has 0 N–H and O–H groups in total. The zero-order valence-corrected chi connectivity index (χ0v) is 9.45. The molecule has 0 amide bonds. The molecule has 0 spiro atoms.